The van der Waals surface area contributed by atoms with Crippen molar-refractivity contribution in [2.75, 3.05) is 24.5 Å². The molecule has 0 unspecified atom stereocenters. The van der Waals surface area contributed by atoms with Gasteiger partial charge in [-0.15, -0.1) is 0 Å². The van der Waals surface area contributed by atoms with Gasteiger partial charge >= 0.3 is 6.09 Å². The molecule has 0 bridgehead atoms. The number of piperidine rings is 1. The summed E-state index contributed by atoms with van der Waals surface area (Å²) in [7, 11) is 0. The van der Waals surface area contributed by atoms with Crippen molar-refractivity contribution in [3.05, 3.63) is 29.3 Å². The van der Waals surface area contributed by atoms with Gasteiger partial charge in [0.05, 0.1) is 0 Å². The van der Waals surface area contributed by atoms with Gasteiger partial charge in [-0.05, 0) is 64.2 Å². The highest BCUT2D eigenvalue weighted by atomic mass is 16.6. The molecular weight excluding hydrogens is 328 g/mol. The van der Waals surface area contributed by atoms with Gasteiger partial charge in [0.15, 0.2) is 0 Å². The highest BCUT2D eigenvalue weighted by molar-refractivity contribution is 5.93. The van der Waals surface area contributed by atoms with Crippen LogP contribution in [0, 0.1) is 6.92 Å². The van der Waals surface area contributed by atoms with E-state index in [-0.39, 0.29) is 17.4 Å². The topological polar surface area (TPSA) is 49.9 Å². The zero-order valence-corrected chi connectivity index (χ0v) is 16.6. The number of ether oxygens (including phenoxy) is 1. The lowest BCUT2D eigenvalue weighted by Crippen LogP contribution is -2.50. The minimum absolute atomic E-state index is 0.0491. The number of hydrogen-bond acceptors (Lipinski definition) is 3. The lowest BCUT2D eigenvalue weighted by molar-refractivity contribution is -0.116. The third-order valence-electron chi connectivity index (χ3n) is 5.58. The van der Waals surface area contributed by atoms with E-state index < -0.39 is 5.60 Å². The molecule has 1 spiro atoms. The molecule has 0 radical (unpaired) electrons. The number of likely N-dealkylation sites (tertiary alicyclic amines) is 1. The Labute approximate surface area is 156 Å². The summed E-state index contributed by atoms with van der Waals surface area (Å²) in [5.41, 5.74) is 3.05. The van der Waals surface area contributed by atoms with Crippen molar-refractivity contribution in [1.29, 1.82) is 0 Å². The summed E-state index contributed by atoms with van der Waals surface area (Å²) >= 11 is 0. The van der Waals surface area contributed by atoms with Gasteiger partial charge in [-0.3, -0.25) is 4.79 Å². The van der Waals surface area contributed by atoms with Crippen molar-refractivity contribution in [2.24, 2.45) is 0 Å². The van der Waals surface area contributed by atoms with Crippen LogP contribution < -0.4 is 4.90 Å². The number of anilines is 1. The molecule has 26 heavy (non-hydrogen) atoms. The summed E-state index contributed by atoms with van der Waals surface area (Å²) in [5, 5.41) is 0. The van der Waals surface area contributed by atoms with Gasteiger partial charge in [0, 0.05) is 37.7 Å². The van der Waals surface area contributed by atoms with E-state index in [1.807, 2.05) is 30.6 Å². The van der Waals surface area contributed by atoms with Gasteiger partial charge in [0.2, 0.25) is 5.91 Å². The van der Waals surface area contributed by atoms with E-state index in [2.05, 4.69) is 25.1 Å². The smallest absolute Gasteiger partial charge is 0.410 e. The van der Waals surface area contributed by atoms with Crippen molar-refractivity contribution in [3.63, 3.8) is 0 Å². The number of benzene rings is 1. The first-order valence-corrected chi connectivity index (χ1v) is 9.48. The molecule has 0 atom stereocenters. The van der Waals surface area contributed by atoms with E-state index in [0.717, 1.165) is 31.5 Å². The van der Waals surface area contributed by atoms with Crippen LogP contribution in [0.5, 0.6) is 0 Å². The molecule has 0 saturated carbocycles. The second-order valence-electron chi connectivity index (χ2n) is 8.69. The molecule has 2 aliphatic rings. The average molecular weight is 358 g/mol. The van der Waals surface area contributed by atoms with Crippen molar-refractivity contribution in [1.82, 2.24) is 4.90 Å². The summed E-state index contributed by atoms with van der Waals surface area (Å²) in [6.45, 7) is 11.5. The van der Waals surface area contributed by atoms with Gasteiger partial charge in [0.25, 0.3) is 0 Å². The summed E-state index contributed by atoms with van der Waals surface area (Å²) in [6.07, 6.45) is 2.55. The number of carbonyl (C=O) groups excluding carboxylic acids is 2. The van der Waals surface area contributed by atoms with Crippen molar-refractivity contribution in [3.8, 4) is 0 Å². The quantitative estimate of drug-likeness (QED) is 0.704. The Balaban J connectivity index is 1.81. The number of carbonyl (C=O) groups is 2. The zero-order valence-electron chi connectivity index (χ0n) is 16.6. The number of aryl methyl sites for hydroxylation is 1. The van der Waals surface area contributed by atoms with Crippen molar-refractivity contribution < 1.29 is 14.3 Å². The summed E-state index contributed by atoms with van der Waals surface area (Å²) in [4.78, 5) is 28.2. The van der Waals surface area contributed by atoms with Gasteiger partial charge in [-0.25, -0.2) is 4.79 Å². The molecule has 2 amide bonds. The second kappa shape index (κ2) is 6.60. The Kier molecular flexibility index (Phi) is 4.76. The minimum Gasteiger partial charge on any atom is -0.444 e. The first-order chi connectivity index (χ1) is 12.1. The third kappa shape index (κ3) is 3.57. The van der Waals surface area contributed by atoms with Crippen LogP contribution in [-0.4, -0.2) is 42.1 Å². The molecular formula is C21H30N2O3. The number of rotatable bonds is 0. The Bertz CT molecular complexity index is 712. The SMILES string of the molecule is CC(=O)N1CCC2(CCN(C(=O)OC(C)(C)C)CC2)c2ccc(C)cc21. The molecule has 1 fully saturated rings. The third-order valence-corrected chi connectivity index (χ3v) is 5.58. The maximum absolute atomic E-state index is 12.4. The molecule has 0 aliphatic carbocycles. The van der Waals surface area contributed by atoms with Crippen LogP contribution in [-0.2, 0) is 14.9 Å². The Hall–Kier alpha value is -2.04. The van der Waals surface area contributed by atoms with E-state index >= 15 is 0 Å². The largest absolute Gasteiger partial charge is 0.444 e. The van der Waals surface area contributed by atoms with Crippen LogP contribution in [0.4, 0.5) is 10.5 Å². The van der Waals surface area contributed by atoms with Crippen LogP contribution in [0.15, 0.2) is 18.2 Å². The van der Waals surface area contributed by atoms with E-state index in [4.69, 9.17) is 4.74 Å². The highest BCUT2D eigenvalue weighted by Crippen LogP contribution is 2.47. The molecule has 1 aromatic carbocycles. The van der Waals surface area contributed by atoms with E-state index in [1.54, 1.807) is 6.92 Å². The molecule has 0 N–H and O–H groups in total. The molecule has 2 heterocycles. The Morgan fingerprint density at radius 2 is 1.69 bits per heavy atom. The lowest BCUT2D eigenvalue weighted by Gasteiger charge is -2.47. The van der Waals surface area contributed by atoms with E-state index in [0.29, 0.717) is 13.1 Å². The minimum atomic E-state index is -0.469. The van der Waals surface area contributed by atoms with Crippen LogP contribution in [0.25, 0.3) is 0 Å². The monoisotopic (exact) mass is 358 g/mol. The lowest BCUT2D eigenvalue weighted by atomic mass is 9.68. The number of fused-ring (bicyclic) bond motifs is 2. The average Bonchev–Trinajstić information content (AvgIpc) is 2.53. The fourth-order valence-electron chi connectivity index (χ4n) is 4.18. The predicted octanol–water partition coefficient (Wildman–Crippen LogP) is 4.02. The number of amides is 2. The van der Waals surface area contributed by atoms with Crippen LogP contribution in [0.2, 0.25) is 0 Å². The molecule has 0 aromatic heterocycles. The molecule has 3 rings (SSSR count). The predicted molar refractivity (Wildman–Crippen MR) is 103 cm³/mol. The molecule has 1 aromatic rings. The van der Waals surface area contributed by atoms with Crippen molar-refractivity contribution >= 4 is 17.7 Å². The maximum Gasteiger partial charge on any atom is 0.410 e. The Morgan fingerprint density at radius 1 is 1.08 bits per heavy atom. The molecule has 5 heteroatoms. The fourth-order valence-corrected chi connectivity index (χ4v) is 4.18. The van der Waals surface area contributed by atoms with Crippen molar-refractivity contribution in [2.45, 2.75) is 64.9 Å². The summed E-state index contributed by atoms with van der Waals surface area (Å²) in [5.74, 6) is 0.0953. The highest BCUT2D eigenvalue weighted by Gasteiger charge is 2.43. The molecule has 5 nitrogen and oxygen atoms in total. The van der Waals surface area contributed by atoms with E-state index in [9.17, 15) is 9.59 Å². The summed E-state index contributed by atoms with van der Waals surface area (Å²) < 4.78 is 5.52. The standard InChI is InChI=1S/C21H30N2O3/c1-15-6-7-17-18(14-15)23(16(2)24)13-10-21(17)8-11-22(12-9-21)19(25)26-20(3,4)5/h6-7,14H,8-13H2,1-5H3. The number of nitrogens with zero attached hydrogens (tertiary/aromatic N) is 2. The number of hydrogen-bond donors (Lipinski definition) is 0. The normalized spacial score (nSPS) is 19.3. The molecule has 2 aliphatic heterocycles. The van der Waals surface area contributed by atoms with Gasteiger partial charge in [-0.2, -0.15) is 0 Å². The van der Waals surface area contributed by atoms with Crippen LogP contribution >= 0.6 is 0 Å². The molecule has 142 valence electrons. The van der Waals surface area contributed by atoms with Crippen LogP contribution in [0.1, 0.15) is 58.1 Å². The van der Waals surface area contributed by atoms with Gasteiger partial charge < -0.3 is 14.5 Å². The van der Waals surface area contributed by atoms with Gasteiger partial charge in [-0.1, -0.05) is 12.1 Å². The maximum atomic E-state index is 12.4. The first kappa shape index (κ1) is 18.7. The zero-order chi connectivity index (χ0) is 19.1. The van der Waals surface area contributed by atoms with Gasteiger partial charge in [0.1, 0.15) is 5.60 Å². The Morgan fingerprint density at radius 3 is 2.27 bits per heavy atom. The summed E-state index contributed by atoms with van der Waals surface area (Å²) in [6, 6.07) is 6.44. The molecule has 1 saturated heterocycles. The van der Waals surface area contributed by atoms with E-state index in [1.165, 1.54) is 11.1 Å². The second-order valence-corrected chi connectivity index (χ2v) is 8.69. The fraction of sp³-hybridized carbons (Fsp3) is 0.619. The van der Waals surface area contributed by atoms with Crippen LogP contribution in [0.3, 0.4) is 0 Å². The first-order valence-electron chi connectivity index (χ1n) is 9.48.